The van der Waals surface area contributed by atoms with Gasteiger partial charge in [-0.05, 0) is 67.8 Å². The summed E-state index contributed by atoms with van der Waals surface area (Å²) >= 11 is 5.81. The van der Waals surface area contributed by atoms with Gasteiger partial charge in [0, 0.05) is 47.3 Å². The standard InChI is InChI=1S/C26H31I3N2O12/c1-14(32)39-9-6-30(7-10-40-15(2)33)26(38)21-22(27)19(12-42-17(4)35)23(28)25(24(21)29)31(8-11-41-16(3)34)20(37)13-43-18(5)36/h6-13H2,1-5H3. The molecule has 0 saturated carbocycles. The Morgan fingerprint density at radius 1 is 0.581 bits per heavy atom. The molecule has 1 aromatic carbocycles. The van der Waals surface area contributed by atoms with Gasteiger partial charge in [0.05, 0.1) is 34.5 Å². The second-order valence-corrected chi connectivity index (χ2v) is 11.8. The number of carbonyl (C=O) groups is 7. The number of anilines is 1. The van der Waals surface area contributed by atoms with Crippen LogP contribution in [0.2, 0.25) is 0 Å². The van der Waals surface area contributed by atoms with E-state index in [0.717, 1.165) is 6.92 Å². The number of nitrogens with zero attached hydrogens (tertiary/aromatic N) is 2. The summed E-state index contributed by atoms with van der Waals surface area (Å²) in [5.41, 5.74) is 0.770. The van der Waals surface area contributed by atoms with Crippen LogP contribution in [-0.2, 0) is 59.1 Å². The van der Waals surface area contributed by atoms with Gasteiger partial charge in [0.1, 0.15) is 26.4 Å². The maximum absolute atomic E-state index is 14.1. The van der Waals surface area contributed by atoms with E-state index in [-0.39, 0.29) is 57.3 Å². The van der Waals surface area contributed by atoms with Crippen LogP contribution in [0, 0.1) is 10.7 Å². The van der Waals surface area contributed by atoms with Crippen molar-refractivity contribution in [3.05, 3.63) is 21.8 Å². The van der Waals surface area contributed by atoms with Crippen LogP contribution in [-0.4, -0.2) is 92.6 Å². The maximum atomic E-state index is 14.1. The quantitative estimate of drug-likeness (QED) is 0.143. The van der Waals surface area contributed by atoms with Crippen molar-refractivity contribution < 1.29 is 57.2 Å². The summed E-state index contributed by atoms with van der Waals surface area (Å²) in [7, 11) is 0. The molecule has 0 aliphatic carbocycles. The monoisotopic (exact) mass is 944 g/mol. The fourth-order valence-corrected chi connectivity index (χ4v) is 7.90. The van der Waals surface area contributed by atoms with E-state index in [9.17, 15) is 33.6 Å². The van der Waals surface area contributed by atoms with E-state index >= 15 is 0 Å². The van der Waals surface area contributed by atoms with Gasteiger partial charge in [-0.2, -0.15) is 0 Å². The van der Waals surface area contributed by atoms with Crippen LogP contribution in [0.3, 0.4) is 0 Å². The Hall–Kier alpha value is -2.30. The Kier molecular flexibility index (Phi) is 17.3. The van der Waals surface area contributed by atoms with Crippen molar-refractivity contribution in [1.29, 1.82) is 0 Å². The Labute approximate surface area is 289 Å². The lowest BCUT2D eigenvalue weighted by atomic mass is 10.1. The van der Waals surface area contributed by atoms with Crippen molar-refractivity contribution >= 4 is 115 Å². The number of amides is 2. The minimum absolute atomic E-state index is 0.0476. The third-order valence-corrected chi connectivity index (χ3v) is 8.63. The van der Waals surface area contributed by atoms with Gasteiger partial charge in [-0.3, -0.25) is 33.6 Å². The van der Waals surface area contributed by atoms with Crippen LogP contribution in [0.1, 0.15) is 50.5 Å². The summed E-state index contributed by atoms with van der Waals surface area (Å²) in [4.78, 5) is 87.3. The predicted molar refractivity (Wildman–Crippen MR) is 175 cm³/mol. The minimum Gasteiger partial charge on any atom is -0.464 e. The summed E-state index contributed by atoms with van der Waals surface area (Å²) in [5.74, 6) is -4.18. The molecule has 1 rings (SSSR count). The Morgan fingerprint density at radius 2 is 1.02 bits per heavy atom. The minimum atomic E-state index is -0.692. The Bertz CT molecular complexity index is 1230. The van der Waals surface area contributed by atoms with E-state index in [4.69, 9.17) is 23.7 Å². The molecular formula is C26H31I3N2O12. The summed E-state index contributed by atoms with van der Waals surface area (Å²) in [6, 6.07) is 0. The number of halogens is 3. The van der Waals surface area contributed by atoms with Crippen molar-refractivity contribution in [2.45, 2.75) is 41.2 Å². The topological polar surface area (TPSA) is 172 Å². The van der Waals surface area contributed by atoms with Crippen molar-refractivity contribution in [3.63, 3.8) is 0 Å². The number of ether oxygens (including phenoxy) is 5. The van der Waals surface area contributed by atoms with Crippen LogP contribution >= 0.6 is 67.8 Å². The fraction of sp³-hybridized carbons (Fsp3) is 0.500. The lowest BCUT2D eigenvalue weighted by molar-refractivity contribution is -0.145. The number of carbonyl (C=O) groups excluding carboxylic acids is 7. The molecule has 0 unspecified atom stereocenters. The number of hydrogen-bond acceptors (Lipinski definition) is 12. The molecule has 0 N–H and O–H groups in total. The summed E-state index contributed by atoms with van der Waals surface area (Å²) in [6.45, 7) is 4.40. The molecule has 0 heterocycles. The lowest BCUT2D eigenvalue weighted by Gasteiger charge is -2.30. The first kappa shape index (κ1) is 38.7. The molecule has 238 valence electrons. The summed E-state index contributed by atoms with van der Waals surface area (Å²) in [5, 5.41) is 0. The van der Waals surface area contributed by atoms with E-state index in [1.807, 2.05) is 67.8 Å². The zero-order chi connectivity index (χ0) is 32.9. The van der Waals surface area contributed by atoms with E-state index in [1.165, 1.54) is 37.5 Å². The van der Waals surface area contributed by atoms with E-state index in [2.05, 4.69) is 0 Å². The van der Waals surface area contributed by atoms with Gasteiger partial charge in [0.25, 0.3) is 11.8 Å². The van der Waals surface area contributed by atoms with E-state index < -0.39 is 48.3 Å². The molecule has 0 aliphatic rings. The highest BCUT2D eigenvalue weighted by Gasteiger charge is 2.32. The number of rotatable bonds is 15. The van der Waals surface area contributed by atoms with Crippen LogP contribution in [0.5, 0.6) is 0 Å². The van der Waals surface area contributed by atoms with E-state index in [1.54, 1.807) is 0 Å². The Balaban J connectivity index is 3.84. The van der Waals surface area contributed by atoms with Crippen LogP contribution in [0.25, 0.3) is 0 Å². The largest absolute Gasteiger partial charge is 0.464 e. The van der Waals surface area contributed by atoms with Crippen molar-refractivity contribution in [3.8, 4) is 0 Å². The third kappa shape index (κ3) is 13.1. The molecule has 0 aliphatic heterocycles. The SMILES string of the molecule is CC(=O)OCCN(CCOC(C)=O)C(=O)c1c(I)c(COC(C)=O)c(I)c(N(CCOC(C)=O)C(=O)COC(C)=O)c1I. The number of esters is 5. The molecule has 0 spiro atoms. The molecule has 0 fully saturated rings. The fourth-order valence-electron chi connectivity index (χ4n) is 3.38. The smallest absolute Gasteiger partial charge is 0.303 e. The molecule has 43 heavy (non-hydrogen) atoms. The average Bonchev–Trinajstić information content (AvgIpc) is 2.89. The average molecular weight is 944 g/mol. The molecule has 17 heteroatoms. The van der Waals surface area contributed by atoms with Gasteiger partial charge in [-0.1, -0.05) is 0 Å². The molecule has 0 bridgehead atoms. The highest BCUT2D eigenvalue weighted by Crippen LogP contribution is 2.39. The first-order valence-corrected chi connectivity index (χ1v) is 15.8. The highest BCUT2D eigenvalue weighted by atomic mass is 127. The number of hydrogen-bond donors (Lipinski definition) is 0. The maximum Gasteiger partial charge on any atom is 0.303 e. The lowest BCUT2D eigenvalue weighted by Crippen LogP contribution is -2.41. The van der Waals surface area contributed by atoms with Crippen molar-refractivity contribution in [1.82, 2.24) is 4.90 Å². The Morgan fingerprint density at radius 3 is 1.47 bits per heavy atom. The van der Waals surface area contributed by atoms with E-state index in [0.29, 0.717) is 16.3 Å². The van der Waals surface area contributed by atoms with Crippen LogP contribution < -0.4 is 4.90 Å². The second kappa shape index (κ2) is 19.2. The zero-order valence-electron chi connectivity index (χ0n) is 24.1. The number of benzene rings is 1. The van der Waals surface area contributed by atoms with Crippen LogP contribution in [0.4, 0.5) is 5.69 Å². The first-order chi connectivity index (χ1) is 20.1. The molecule has 1 aromatic rings. The van der Waals surface area contributed by atoms with Gasteiger partial charge in [0.15, 0.2) is 6.61 Å². The van der Waals surface area contributed by atoms with Gasteiger partial charge in [-0.25, -0.2) is 0 Å². The molecule has 14 nitrogen and oxygen atoms in total. The van der Waals surface area contributed by atoms with Crippen LogP contribution in [0.15, 0.2) is 0 Å². The molecule has 0 saturated heterocycles. The first-order valence-electron chi connectivity index (χ1n) is 12.5. The third-order valence-electron chi connectivity index (χ3n) is 5.23. The predicted octanol–water partition coefficient (Wildman–Crippen LogP) is 2.59. The zero-order valence-corrected chi connectivity index (χ0v) is 30.6. The highest BCUT2D eigenvalue weighted by molar-refractivity contribution is 14.1. The van der Waals surface area contributed by atoms with Gasteiger partial charge in [-0.15, -0.1) is 0 Å². The molecular weight excluding hydrogens is 913 g/mol. The van der Waals surface area contributed by atoms with Crippen molar-refractivity contribution in [2.75, 3.05) is 51.0 Å². The van der Waals surface area contributed by atoms with Gasteiger partial charge in [0.2, 0.25) is 0 Å². The molecule has 0 radical (unpaired) electrons. The van der Waals surface area contributed by atoms with Crippen molar-refractivity contribution in [2.24, 2.45) is 0 Å². The normalized spacial score (nSPS) is 10.3. The second-order valence-electron chi connectivity index (χ2n) is 8.56. The van der Waals surface area contributed by atoms with Gasteiger partial charge < -0.3 is 33.5 Å². The summed E-state index contributed by atoms with van der Waals surface area (Å²) in [6.07, 6.45) is 0. The molecule has 2 amide bonds. The summed E-state index contributed by atoms with van der Waals surface area (Å²) < 4.78 is 26.4. The van der Waals surface area contributed by atoms with Gasteiger partial charge >= 0.3 is 29.8 Å². The molecule has 0 atom stereocenters. The molecule has 0 aromatic heterocycles.